The number of hydrogen-bond acceptors (Lipinski definition) is 7. The van der Waals surface area contributed by atoms with Crippen molar-refractivity contribution in [3.63, 3.8) is 0 Å². The van der Waals surface area contributed by atoms with Crippen LogP contribution in [0.25, 0.3) is 0 Å². The molecule has 0 saturated heterocycles. The van der Waals surface area contributed by atoms with Crippen LogP contribution in [0, 0.1) is 0 Å². The van der Waals surface area contributed by atoms with Gasteiger partial charge in [-0.2, -0.15) is 15.0 Å². The van der Waals surface area contributed by atoms with Crippen molar-refractivity contribution in [1.29, 1.82) is 0 Å². The maximum Gasteiger partial charge on any atom is 0.258 e. The molecule has 0 saturated carbocycles. The van der Waals surface area contributed by atoms with Gasteiger partial charge in [-0.05, 0) is 13.5 Å². The summed E-state index contributed by atoms with van der Waals surface area (Å²) in [5, 5.41) is 22.5. The fraction of sp³-hybridized carbons (Fsp3) is 0.556. The summed E-state index contributed by atoms with van der Waals surface area (Å²) in [5.74, 6) is 0.265. The fourth-order valence-corrected chi connectivity index (χ4v) is 2.95. The van der Waals surface area contributed by atoms with Gasteiger partial charge in [0.1, 0.15) is 0 Å². The van der Waals surface area contributed by atoms with E-state index in [0.717, 1.165) is 6.54 Å². The van der Waals surface area contributed by atoms with Crippen molar-refractivity contribution in [3.8, 4) is 0 Å². The van der Waals surface area contributed by atoms with E-state index in [2.05, 4.69) is 40.9 Å². The standard InChI is InChI=1S/C9H16N8O2S/c1-3-10-4-7-5-11-14-9(7)20(18,19)15-6(2)8-12-16-17-13-8/h5-6,10,15H,3-4H2,1-2H3,(H,11,14)(H,12,13,16,17). The molecule has 2 heterocycles. The van der Waals surface area contributed by atoms with Gasteiger partial charge in [0.2, 0.25) is 0 Å². The van der Waals surface area contributed by atoms with Gasteiger partial charge in [0.25, 0.3) is 10.0 Å². The second-order valence-electron chi connectivity index (χ2n) is 4.12. The first kappa shape index (κ1) is 14.6. The second kappa shape index (κ2) is 6.07. The van der Waals surface area contributed by atoms with Crippen LogP contribution in [0.1, 0.15) is 31.3 Å². The SMILES string of the molecule is CCNCc1cn[nH]c1S(=O)(=O)NC(C)c1nn[nH]n1. The molecule has 0 aromatic carbocycles. The summed E-state index contributed by atoms with van der Waals surface area (Å²) in [5.41, 5.74) is 0.569. The smallest absolute Gasteiger partial charge is 0.258 e. The summed E-state index contributed by atoms with van der Waals surface area (Å²) in [6.45, 7) is 4.71. The lowest BCUT2D eigenvalue weighted by Crippen LogP contribution is -2.29. The second-order valence-corrected chi connectivity index (χ2v) is 5.77. The maximum atomic E-state index is 12.3. The quantitative estimate of drug-likeness (QED) is 0.517. The molecule has 0 amide bonds. The van der Waals surface area contributed by atoms with Crippen LogP contribution in [0.4, 0.5) is 0 Å². The molecule has 1 unspecified atom stereocenters. The molecule has 0 aliphatic carbocycles. The summed E-state index contributed by atoms with van der Waals surface area (Å²) in [6.07, 6.45) is 1.48. The number of aromatic amines is 2. The van der Waals surface area contributed by atoms with E-state index in [-0.39, 0.29) is 10.9 Å². The Hall–Kier alpha value is -1.85. The van der Waals surface area contributed by atoms with Crippen LogP contribution in [0.5, 0.6) is 0 Å². The minimum absolute atomic E-state index is 0.0359. The molecular weight excluding hydrogens is 284 g/mol. The third-order valence-electron chi connectivity index (χ3n) is 2.59. The van der Waals surface area contributed by atoms with E-state index in [4.69, 9.17) is 0 Å². The Morgan fingerprint density at radius 1 is 1.45 bits per heavy atom. The van der Waals surface area contributed by atoms with Crippen molar-refractivity contribution in [2.24, 2.45) is 0 Å². The van der Waals surface area contributed by atoms with Gasteiger partial charge in [-0.3, -0.25) is 5.10 Å². The van der Waals surface area contributed by atoms with Gasteiger partial charge in [0.05, 0.1) is 12.2 Å². The van der Waals surface area contributed by atoms with Gasteiger partial charge in [-0.25, -0.2) is 8.42 Å². The zero-order chi connectivity index (χ0) is 14.6. The Balaban J connectivity index is 2.16. The molecule has 0 spiro atoms. The van der Waals surface area contributed by atoms with E-state index in [1.54, 1.807) is 6.92 Å². The first-order valence-electron chi connectivity index (χ1n) is 6.03. The van der Waals surface area contributed by atoms with E-state index in [1.165, 1.54) is 6.20 Å². The van der Waals surface area contributed by atoms with Crippen molar-refractivity contribution in [2.45, 2.75) is 31.5 Å². The first-order chi connectivity index (χ1) is 9.54. The summed E-state index contributed by atoms with van der Waals surface area (Å²) < 4.78 is 27.0. The van der Waals surface area contributed by atoms with E-state index >= 15 is 0 Å². The van der Waals surface area contributed by atoms with Gasteiger partial charge in [-0.1, -0.05) is 12.1 Å². The average Bonchev–Trinajstić information content (AvgIpc) is 3.07. The third kappa shape index (κ3) is 3.18. The first-order valence-corrected chi connectivity index (χ1v) is 7.51. The molecule has 4 N–H and O–H groups in total. The van der Waals surface area contributed by atoms with Gasteiger partial charge in [0.15, 0.2) is 10.9 Å². The molecule has 2 aromatic rings. The van der Waals surface area contributed by atoms with Crippen LogP contribution in [0.2, 0.25) is 0 Å². The van der Waals surface area contributed by atoms with E-state index in [0.29, 0.717) is 12.1 Å². The van der Waals surface area contributed by atoms with Crippen molar-refractivity contribution in [1.82, 2.24) is 40.9 Å². The molecule has 2 aromatic heterocycles. The van der Waals surface area contributed by atoms with Crippen LogP contribution in [0.15, 0.2) is 11.2 Å². The van der Waals surface area contributed by atoms with Gasteiger partial charge in [-0.15, -0.1) is 10.2 Å². The van der Waals surface area contributed by atoms with E-state index in [9.17, 15) is 8.42 Å². The number of tetrazole rings is 1. The molecule has 10 nitrogen and oxygen atoms in total. The summed E-state index contributed by atoms with van der Waals surface area (Å²) >= 11 is 0. The van der Waals surface area contributed by atoms with Crippen molar-refractivity contribution in [2.75, 3.05) is 6.54 Å². The normalized spacial score (nSPS) is 13.5. The van der Waals surface area contributed by atoms with Crippen LogP contribution in [-0.4, -0.2) is 45.8 Å². The van der Waals surface area contributed by atoms with Crippen LogP contribution in [0.3, 0.4) is 0 Å². The Labute approximate surface area is 115 Å². The molecule has 0 fully saturated rings. The number of rotatable bonds is 7. The van der Waals surface area contributed by atoms with E-state index in [1.807, 2.05) is 6.92 Å². The number of nitrogens with zero attached hydrogens (tertiary/aromatic N) is 4. The number of sulfonamides is 1. The number of aromatic nitrogens is 6. The molecule has 0 aliphatic heterocycles. The molecule has 20 heavy (non-hydrogen) atoms. The minimum Gasteiger partial charge on any atom is -0.313 e. The Morgan fingerprint density at radius 2 is 2.25 bits per heavy atom. The molecule has 0 aliphatic rings. The highest BCUT2D eigenvalue weighted by atomic mass is 32.2. The Bertz CT molecular complexity index is 635. The molecule has 110 valence electrons. The molecule has 0 bridgehead atoms. The predicted octanol–water partition coefficient (Wildman–Crippen LogP) is -0.928. The predicted molar refractivity (Wildman–Crippen MR) is 68.9 cm³/mol. The zero-order valence-corrected chi connectivity index (χ0v) is 11.9. The summed E-state index contributed by atoms with van der Waals surface area (Å²) in [7, 11) is -3.73. The molecular formula is C9H16N8O2S. The minimum atomic E-state index is -3.73. The van der Waals surface area contributed by atoms with Crippen molar-refractivity contribution in [3.05, 3.63) is 17.6 Å². The number of hydrogen-bond donors (Lipinski definition) is 4. The van der Waals surface area contributed by atoms with Crippen LogP contribution >= 0.6 is 0 Å². The van der Waals surface area contributed by atoms with Crippen LogP contribution in [-0.2, 0) is 16.6 Å². The number of nitrogens with one attached hydrogen (secondary N) is 4. The highest BCUT2D eigenvalue weighted by Crippen LogP contribution is 2.15. The van der Waals surface area contributed by atoms with Gasteiger partial charge >= 0.3 is 0 Å². The lowest BCUT2D eigenvalue weighted by Gasteiger charge is -2.10. The average molecular weight is 300 g/mol. The van der Waals surface area contributed by atoms with Crippen molar-refractivity contribution < 1.29 is 8.42 Å². The number of H-pyrrole nitrogens is 2. The van der Waals surface area contributed by atoms with E-state index < -0.39 is 16.1 Å². The Kier molecular flexibility index (Phi) is 4.42. The van der Waals surface area contributed by atoms with Crippen molar-refractivity contribution >= 4 is 10.0 Å². The van der Waals surface area contributed by atoms with Gasteiger partial charge < -0.3 is 5.32 Å². The largest absolute Gasteiger partial charge is 0.313 e. The molecule has 2 rings (SSSR count). The lowest BCUT2D eigenvalue weighted by atomic mass is 10.3. The monoisotopic (exact) mass is 300 g/mol. The molecule has 11 heteroatoms. The van der Waals surface area contributed by atoms with Gasteiger partial charge in [0, 0.05) is 12.1 Å². The topological polar surface area (TPSA) is 141 Å². The Morgan fingerprint density at radius 3 is 2.90 bits per heavy atom. The fourth-order valence-electron chi connectivity index (χ4n) is 1.61. The highest BCUT2D eigenvalue weighted by molar-refractivity contribution is 7.89. The highest BCUT2D eigenvalue weighted by Gasteiger charge is 2.24. The summed E-state index contributed by atoms with van der Waals surface area (Å²) in [4.78, 5) is 0. The summed E-state index contributed by atoms with van der Waals surface area (Å²) in [6, 6.07) is -0.603. The zero-order valence-electron chi connectivity index (χ0n) is 11.1. The van der Waals surface area contributed by atoms with Crippen LogP contribution < -0.4 is 10.0 Å². The third-order valence-corrected chi connectivity index (χ3v) is 4.15. The molecule has 0 radical (unpaired) electrons. The lowest BCUT2D eigenvalue weighted by molar-refractivity contribution is 0.553. The molecule has 1 atom stereocenters. The maximum absolute atomic E-state index is 12.3.